The third-order valence-electron chi connectivity index (χ3n) is 5.04. The van der Waals surface area contributed by atoms with E-state index in [9.17, 15) is 4.39 Å². The van der Waals surface area contributed by atoms with Crippen molar-refractivity contribution in [3.8, 4) is 0 Å². The quantitative estimate of drug-likeness (QED) is 0.315. The summed E-state index contributed by atoms with van der Waals surface area (Å²) in [6, 6.07) is 6.45. The maximum atomic E-state index is 13.3. The lowest BCUT2D eigenvalue weighted by Crippen LogP contribution is -2.08. The van der Waals surface area contributed by atoms with Gasteiger partial charge in [-0.25, -0.2) is 4.39 Å². The average Bonchev–Trinajstić information content (AvgIpc) is 2.71. The van der Waals surface area contributed by atoms with Gasteiger partial charge in [0.1, 0.15) is 5.82 Å². The maximum Gasteiger partial charge on any atom is 0.123 e. The maximum absolute atomic E-state index is 13.3. The fraction of sp³-hybridized carbons (Fsp3) is 0.346. The van der Waals surface area contributed by atoms with Crippen molar-refractivity contribution in [2.45, 2.75) is 40.0 Å². The Morgan fingerprint density at radius 3 is 2.61 bits per heavy atom. The van der Waals surface area contributed by atoms with Crippen LogP contribution < -0.4 is 0 Å². The fourth-order valence-corrected chi connectivity index (χ4v) is 2.89. The Morgan fingerprint density at radius 2 is 1.96 bits per heavy atom. The van der Waals surface area contributed by atoms with E-state index < -0.39 is 0 Å². The molecule has 2 unspecified atom stereocenters. The summed E-state index contributed by atoms with van der Waals surface area (Å²) in [4.78, 5) is 4.80. The minimum absolute atomic E-state index is 0.243. The lowest BCUT2D eigenvalue weighted by Gasteiger charge is -2.16. The van der Waals surface area contributed by atoms with E-state index in [1.54, 1.807) is 12.1 Å². The van der Waals surface area contributed by atoms with Crippen LogP contribution in [-0.4, -0.2) is 12.3 Å². The van der Waals surface area contributed by atoms with Crippen molar-refractivity contribution in [1.82, 2.24) is 0 Å². The zero-order valence-electron chi connectivity index (χ0n) is 17.4. The zero-order chi connectivity index (χ0) is 20.4. The van der Waals surface area contributed by atoms with Crippen LogP contribution in [0.4, 0.5) is 4.39 Å². The molecule has 1 aromatic carbocycles. The number of halogens is 1. The van der Waals surface area contributed by atoms with Crippen LogP contribution >= 0.6 is 0 Å². The smallest absolute Gasteiger partial charge is 0.123 e. The van der Waals surface area contributed by atoms with Crippen LogP contribution in [0, 0.1) is 17.7 Å². The van der Waals surface area contributed by atoms with E-state index in [0.717, 1.165) is 41.2 Å². The lowest BCUT2D eigenvalue weighted by molar-refractivity contribution is 0.572. The van der Waals surface area contributed by atoms with Crippen LogP contribution in [0.3, 0.4) is 0 Å². The van der Waals surface area contributed by atoms with Crippen molar-refractivity contribution in [1.29, 1.82) is 0 Å². The molecule has 0 heterocycles. The molecule has 0 saturated heterocycles. The second-order valence-corrected chi connectivity index (χ2v) is 7.51. The molecule has 0 aromatic heterocycles. The molecule has 1 aliphatic carbocycles. The fourth-order valence-electron chi connectivity index (χ4n) is 2.89. The van der Waals surface area contributed by atoms with Crippen LogP contribution in [-0.2, 0) is 0 Å². The molecule has 2 rings (SSSR count). The number of benzene rings is 1. The Bertz CT molecular complexity index is 790. The van der Waals surface area contributed by atoms with Crippen molar-refractivity contribution in [2.75, 3.05) is 6.54 Å². The number of hydrogen-bond acceptors (Lipinski definition) is 1. The van der Waals surface area contributed by atoms with Gasteiger partial charge < -0.3 is 0 Å². The molecule has 0 bridgehead atoms. The first kappa shape index (κ1) is 21.8. The molecule has 148 valence electrons. The van der Waals surface area contributed by atoms with Gasteiger partial charge in [-0.15, -0.1) is 0 Å². The first-order valence-corrected chi connectivity index (χ1v) is 10.2. The van der Waals surface area contributed by atoms with Crippen LogP contribution in [0.5, 0.6) is 0 Å². The normalized spacial score (nSPS) is 18.6. The SMILES string of the molecule is C=C(/C(=N\C/C=C\C=C/CC(C)CC)C1=CCC(C)C=C1)c1ccc(F)cc1. The first-order chi connectivity index (χ1) is 13.5. The summed E-state index contributed by atoms with van der Waals surface area (Å²) in [6.07, 6.45) is 18.3. The van der Waals surface area contributed by atoms with Crippen molar-refractivity contribution in [3.05, 3.63) is 90.3 Å². The summed E-state index contributed by atoms with van der Waals surface area (Å²) in [5, 5.41) is 0. The van der Waals surface area contributed by atoms with Gasteiger partial charge in [-0.1, -0.05) is 88.4 Å². The topological polar surface area (TPSA) is 12.4 Å². The van der Waals surface area contributed by atoms with Crippen molar-refractivity contribution in [2.24, 2.45) is 16.8 Å². The van der Waals surface area contributed by atoms with Crippen molar-refractivity contribution in [3.63, 3.8) is 0 Å². The predicted molar refractivity (Wildman–Crippen MR) is 121 cm³/mol. The van der Waals surface area contributed by atoms with Gasteiger partial charge in [0.15, 0.2) is 0 Å². The number of nitrogens with zero attached hydrogens (tertiary/aromatic N) is 1. The van der Waals surface area contributed by atoms with Crippen LogP contribution in [0.1, 0.15) is 45.6 Å². The zero-order valence-corrected chi connectivity index (χ0v) is 17.4. The number of aliphatic imine (C=N–C) groups is 1. The van der Waals surface area contributed by atoms with Gasteiger partial charge in [-0.05, 0) is 47.9 Å². The third kappa shape index (κ3) is 6.92. The molecule has 0 amide bonds. The molecule has 2 atom stereocenters. The standard InChI is InChI=1S/C26H32FN/c1-5-20(2)10-8-6-7-9-19-28-26(24-13-11-21(3)12-14-24)22(4)23-15-17-25(27)18-16-23/h6-9,11,13-18,20-21H,4-5,10,12,19H2,1-3H3/b8-6-,9-7-,28-26+. The average molecular weight is 378 g/mol. The molecule has 0 N–H and O–H groups in total. The highest BCUT2D eigenvalue weighted by Gasteiger charge is 2.14. The van der Waals surface area contributed by atoms with E-state index in [4.69, 9.17) is 4.99 Å². The molecule has 0 spiro atoms. The second-order valence-electron chi connectivity index (χ2n) is 7.51. The van der Waals surface area contributed by atoms with Gasteiger partial charge >= 0.3 is 0 Å². The van der Waals surface area contributed by atoms with E-state index in [0.29, 0.717) is 12.5 Å². The molecule has 0 saturated carbocycles. The van der Waals surface area contributed by atoms with Crippen molar-refractivity contribution < 1.29 is 4.39 Å². The summed E-state index contributed by atoms with van der Waals surface area (Å²) in [5.74, 6) is 1.02. The van der Waals surface area contributed by atoms with Gasteiger partial charge in [0.2, 0.25) is 0 Å². The third-order valence-corrected chi connectivity index (χ3v) is 5.04. The molecule has 1 nitrogen and oxygen atoms in total. The van der Waals surface area contributed by atoms with E-state index >= 15 is 0 Å². The Hall–Kier alpha value is -2.48. The molecule has 0 radical (unpaired) electrons. The van der Waals surface area contributed by atoms with Gasteiger partial charge in [0, 0.05) is 5.57 Å². The minimum atomic E-state index is -0.243. The molecule has 0 aliphatic heterocycles. The highest BCUT2D eigenvalue weighted by molar-refractivity contribution is 6.32. The Kier molecular flexibility index (Phi) is 8.87. The summed E-state index contributed by atoms with van der Waals surface area (Å²) in [5.41, 5.74) is 3.69. The van der Waals surface area contributed by atoms with E-state index in [2.05, 4.69) is 69.9 Å². The molecule has 1 aliphatic rings. The minimum Gasteiger partial charge on any atom is -0.280 e. The first-order valence-electron chi connectivity index (χ1n) is 10.2. The molecule has 0 fully saturated rings. The monoisotopic (exact) mass is 377 g/mol. The van der Waals surface area contributed by atoms with Crippen molar-refractivity contribution >= 4 is 11.3 Å². The largest absolute Gasteiger partial charge is 0.280 e. The van der Waals surface area contributed by atoms with E-state index in [1.807, 2.05) is 0 Å². The van der Waals surface area contributed by atoms with Gasteiger partial charge in [-0.2, -0.15) is 0 Å². The van der Waals surface area contributed by atoms with E-state index in [-0.39, 0.29) is 5.82 Å². The number of rotatable bonds is 9. The summed E-state index contributed by atoms with van der Waals surface area (Å²) < 4.78 is 13.3. The molecule has 1 aromatic rings. The molecule has 2 heteroatoms. The lowest BCUT2D eigenvalue weighted by atomic mass is 9.91. The molecular weight excluding hydrogens is 345 g/mol. The molecular formula is C26H32FN. The van der Waals surface area contributed by atoms with Crippen LogP contribution in [0.15, 0.2) is 83.9 Å². The summed E-state index contributed by atoms with van der Waals surface area (Å²) in [7, 11) is 0. The van der Waals surface area contributed by atoms with Gasteiger partial charge in [0.25, 0.3) is 0 Å². The van der Waals surface area contributed by atoms with Gasteiger partial charge in [0.05, 0.1) is 12.3 Å². The molecule has 28 heavy (non-hydrogen) atoms. The Morgan fingerprint density at radius 1 is 1.25 bits per heavy atom. The predicted octanol–water partition coefficient (Wildman–Crippen LogP) is 7.35. The van der Waals surface area contributed by atoms with Gasteiger partial charge in [-0.3, -0.25) is 4.99 Å². The number of allylic oxidation sites excluding steroid dienone is 8. The summed E-state index contributed by atoms with van der Waals surface area (Å²) >= 11 is 0. The highest BCUT2D eigenvalue weighted by Crippen LogP contribution is 2.24. The van der Waals surface area contributed by atoms with E-state index in [1.165, 1.54) is 18.6 Å². The van der Waals surface area contributed by atoms with Crippen LogP contribution in [0.2, 0.25) is 0 Å². The van der Waals surface area contributed by atoms with Crippen LogP contribution in [0.25, 0.3) is 5.57 Å². The second kappa shape index (κ2) is 11.4. The number of hydrogen-bond donors (Lipinski definition) is 0. The Labute approximate surface area is 169 Å². The highest BCUT2D eigenvalue weighted by atomic mass is 19.1. The summed E-state index contributed by atoms with van der Waals surface area (Å²) in [6.45, 7) is 11.5. The Balaban J connectivity index is 2.12.